The molecule has 6 heteroatoms. The van der Waals surface area contributed by atoms with Gasteiger partial charge in [-0.2, -0.15) is 0 Å². The van der Waals surface area contributed by atoms with Gasteiger partial charge in [0.15, 0.2) is 11.5 Å². The molecule has 0 saturated carbocycles. The molecule has 2 aromatic rings. The van der Waals surface area contributed by atoms with Crippen molar-refractivity contribution >= 4 is 17.0 Å². The molecule has 0 fully saturated rings. The minimum atomic E-state index is 0.445. The Morgan fingerprint density at radius 3 is 2.79 bits per heavy atom. The van der Waals surface area contributed by atoms with Gasteiger partial charge in [-0.1, -0.05) is 6.92 Å². The van der Waals surface area contributed by atoms with Crippen LogP contribution in [0.2, 0.25) is 0 Å². The van der Waals surface area contributed by atoms with Gasteiger partial charge in [0, 0.05) is 19.1 Å². The summed E-state index contributed by atoms with van der Waals surface area (Å²) in [7, 11) is 0. The Labute approximate surface area is 113 Å². The summed E-state index contributed by atoms with van der Waals surface area (Å²) in [4.78, 5) is 14.9. The predicted octanol–water partition coefficient (Wildman–Crippen LogP) is 1.53. The summed E-state index contributed by atoms with van der Waals surface area (Å²) in [5, 5.41) is 0. The van der Waals surface area contributed by atoms with E-state index in [1.807, 2.05) is 4.57 Å². The second-order valence-electron chi connectivity index (χ2n) is 4.94. The number of aromatic nitrogens is 4. The number of imidazole rings is 1. The molecule has 0 atom stereocenters. The van der Waals surface area contributed by atoms with Crippen molar-refractivity contribution in [2.45, 2.75) is 39.8 Å². The molecule has 0 spiro atoms. The van der Waals surface area contributed by atoms with Gasteiger partial charge < -0.3 is 15.2 Å². The number of nitrogen functional groups attached to an aromatic ring is 1. The highest BCUT2D eigenvalue weighted by molar-refractivity contribution is 5.80. The average molecular weight is 262 g/mol. The van der Waals surface area contributed by atoms with Crippen LogP contribution in [0.15, 0.2) is 12.7 Å². The van der Waals surface area contributed by atoms with Crippen LogP contribution in [-0.2, 0) is 6.54 Å². The third-order valence-corrected chi connectivity index (χ3v) is 3.41. The lowest BCUT2D eigenvalue weighted by Crippen LogP contribution is -2.32. The minimum absolute atomic E-state index is 0.445. The highest BCUT2D eigenvalue weighted by Gasteiger charge is 2.09. The van der Waals surface area contributed by atoms with E-state index >= 15 is 0 Å². The highest BCUT2D eigenvalue weighted by Crippen LogP contribution is 2.14. The second-order valence-corrected chi connectivity index (χ2v) is 4.94. The molecular weight excluding hydrogens is 240 g/mol. The van der Waals surface area contributed by atoms with E-state index in [2.05, 4.69) is 40.6 Å². The molecule has 0 aliphatic rings. The average Bonchev–Trinajstić information content (AvgIpc) is 2.79. The number of hydrogen-bond donors (Lipinski definition) is 1. The summed E-state index contributed by atoms with van der Waals surface area (Å²) in [6.07, 6.45) is 4.35. The van der Waals surface area contributed by atoms with Gasteiger partial charge >= 0.3 is 0 Å². The molecule has 2 N–H and O–H groups in total. The second kappa shape index (κ2) is 5.97. The maximum absolute atomic E-state index is 5.77. The van der Waals surface area contributed by atoms with E-state index in [-0.39, 0.29) is 0 Å². The van der Waals surface area contributed by atoms with Crippen molar-refractivity contribution in [2.75, 3.05) is 18.8 Å². The topological polar surface area (TPSA) is 72.9 Å². The first-order chi connectivity index (χ1) is 9.13. The van der Waals surface area contributed by atoms with Crippen LogP contribution in [0.25, 0.3) is 11.2 Å². The fourth-order valence-corrected chi connectivity index (χ4v) is 2.29. The molecule has 0 aromatic carbocycles. The number of hydrogen-bond acceptors (Lipinski definition) is 5. The van der Waals surface area contributed by atoms with Crippen molar-refractivity contribution in [1.82, 2.24) is 24.4 Å². The van der Waals surface area contributed by atoms with E-state index in [0.717, 1.165) is 31.7 Å². The number of fused-ring (bicyclic) bond motifs is 1. The Balaban J connectivity index is 2.01. The van der Waals surface area contributed by atoms with Gasteiger partial charge in [-0.15, -0.1) is 0 Å². The third-order valence-electron chi connectivity index (χ3n) is 3.41. The lowest BCUT2D eigenvalue weighted by molar-refractivity contribution is 0.227. The first kappa shape index (κ1) is 13.7. The van der Waals surface area contributed by atoms with Crippen LogP contribution >= 0.6 is 0 Å². The number of anilines is 1. The van der Waals surface area contributed by atoms with Crippen molar-refractivity contribution < 1.29 is 0 Å². The van der Waals surface area contributed by atoms with Gasteiger partial charge in [0.25, 0.3) is 0 Å². The molecule has 104 valence electrons. The molecule has 0 aliphatic heterocycles. The van der Waals surface area contributed by atoms with E-state index in [0.29, 0.717) is 17.4 Å². The van der Waals surface area contributed by atoms with Crippen LogP contribution in [0.4, 0.5) is 5.82 Å². The summed E-state index contributed by atoms with van der Waals surface area (Å²) in [5.74, 6) is 0.445. The van der Waals surface area contributed by atoms with Crippen molar-refractivity contribution in [1.29, 1.82) is 0 Å². The molecule has 0 amide bonds. The van der Waals surface area contributed by atoms with Crippen LogP contribution in [0.1, 0.15) is 27.2 Å². The molecular formula is C13H22N6. The van der Waals surface area contributed by atoms with Gasteiger partial charge in [-0.05, 0) is 26.8 Å². The number of nitrogens with zero attached hydrogens (tertiary/aromatic N) is 5. The molecule has 2 aromatic heterocycles. The van der Waals surface area contributed by atoms with Crippen molar-refractivity contribution in [3.63, 3.8) is 0 Å². The van der Waals surface area contributed by atoms with Crippen molar-refractivity contribution in [2.24, 2.45) is 0 Å². The van der Waals surface area contributed by atoms with E-state index in [9.17, 15) is 0 Å². The Morgan fingerprint density at radius 2 is 2.11 bits per heavy atom. The largest absolute Gasteiger partial charge is 0.382 e. The molecule has 0 saturated heterocycles. The standard InChI is InChI=1S/C13H22N6/c1-4-18(10(2)3)6-5-7-19-9-17-11-12(14)15-8-16-13(11)19/h8-10H,4-7H2,1-3H3,(H2,14,15,16). The molecule has 0 radical (unpaired) electrons. The van der Waals surface area contributed by atoms with Crippen LogP contribution in [0.5, 0.6) is 0 Å². The molecule has 0 bridgehead atoms. The van der Waals surface area contributed by atoms with Gasteiger partial charge in [-0.3, -0.25) is 0 Å². The molecule has 2 rings (SSSR count). The lowest BCUT2D eigenvalue weighted by Gasteiger charge is -2.24. The Hall–Kier alpha value is -1.69. The van der Waals surface area contributed by atoms with E-state index in [4.69, 9.17) is 5.73 Å². The molecule has 6 nitrogen and oxygen atoms in total. The zero-order valence-corrected chi connectivity index (χ0v) is 11.9. The maximum atomic E-state index is 5.77. The van der Waals surface area contributed by atoms with Crippen molar-refractivity contribution in [3.05, 3.63) is 12.7 Å². The first-order valence-electron chi connectivity index (χ1n) is 6.78. The Bertz CT molecular complexity index is 533. The van der Waals surface area contributed by atoms with Gasteiger partial charge in [0.1, 0.15) is 11.8 Å². The van der Waals surface area contributed by atoms with Gasteiger partial charge in [-0.25, -0.2) is 15.0 Å². The zero-order valence-electron chi connectivity index (χ0n) is 11.9. The maximum Gasteiger partial charge on any atom is 0.165 e. The fraction of sp³-hybridized carbons (Fsp3) is 0.615. The fourth-order valence-electron chi connectivity index (χ4n) is 2.29. The third kappa shape index (κ3) is 3.01. The smallest absolute Gasteiger partial charge is 0.165 e. The zero-order chi connectivity index (χ0) is 13.8. The summed E-state index contributed by atoms with van der Waals surface area (Å²) < 4.78 is 2.04. The van der Waals surface area contributed by atoms with Crippen LogP contribution in [0.3, 0.4) is 0 Å². The molecule has 19 heavy (non-hydrogen) atoms. The number of nitrogens with two attached hydrogens (primary N) is 1. The monoisotopic (exact) mass is 262 g/mol. The molecule has 2 heterocycles. The van der Waals surface area contributed by atoms with Gasteiger partial charge in [0.2, 0.25) is 0 Å². The van der Waals surface area contributed by atoms with Crippen LogP contribution in [0, 0.1) is 0 Å². The summed E-state index contributed by atoms with van der Waals surface area (Å²) >= 11 is 0. The van der Waals surface area contributed by atoms with Gasteiger partial charge in [0.05, 0.1) is 6.33 Å². The predicted molar refractivity (Wildman–Crippen MR) is 76.7 cm³/mol. The van der Waals surface area contributed by atoms with Crippen LogP contribution < -0.4 is 5.73 Å². The normalized spacial score (nSPS) is 11.8. The molecule has 0 unspecified atom stereocenters. The van der Waals surface area contributed by atoms with E-state index < -0.39 is 0 Å². The number of aryl methyl sites for hydroxylation is 1. The Morgan fingerprint density at radius 1 is 1.32 bits per heavy atom. The summed E-state index contributed by atoms with van der Waals surface area (Å²) in [6.45, 7) is 9.71. The lowest BCUT2D eigenvalue weighted by atomic mass is 10.3. The van der Waals surface area contributed by atoms with Crippen molar-refractivity contribution in [3.8, 4) is 0 Å². The van der Waals surface area contributed by atoms with E-state index in [1.165, 1.54) is 6.33 Å². The SMILES string of the molecule is CCN(CCCn1cnc2c(N)ncnc21)C(C)C. The Kier molecular flexibility index (Phi) is 4.31. The summed E-state index contributed by atoms with van der Waals surface area (Å²) in [6, 6.07) is 0.586. The molecule has 0 aliphatic carbocycles. The van der Waals surface area contributed by atoms with E-state index in [1.54, 1.807) is 6.33 Å². The minimum Gasteiger partial charge on any atom is -0.382 e. The number of rotatable bonds is 6. The first-order valence-corrected chi connectivity index (χ1v) is 6.78. The highest BCUT2D eigenvalue weighted by atomic mass is 15.2. The summed E-state index contributed by atoms with van der Waals surface area (Å²) in [5.41, 5.74) is 7.29. The quantitative estimate of drug-likeness (QED) is 0.854. The van der Waals surface area contributed by atoms with Crippen LogP contribution in [-0.4, -0.2) is 43.6 Å².